The van der Waals surface area contributed by atoms with Gasteiger partial charge in [-0.15, -0.1) is 0 Å². The Bertz CT molecular complexity index is 1250. The molecule has 1 saturated heterocycles. The van der Waals surface area contributed by atoms with Crippen molar-refractivity contribution in [2.24, 2.45) is 0 Å². The van der Waals surface area contributed by atoms with Crippen LogP contribution in [0.4, 0.5) is 11.6 Å². The second-order valence-electron chi connectivity index (χ2n) is 6.15. The Labute approximate surface area is 159 Å². The SMILES string of the molecule is CS(=O)(=O)c1nc(Nc2ccccc2)n2ncc(/C=C3\CC(=O)NC3=O)c2n1. The van der Waals surface area contributed by atoms with Gasteiger partial charge in [0.25, 0.3) is 11.1 Å². The van der Waals surface area contributed by atoms with Crippen molar-refractivity contribution >= 4 is 45.0 Å². The third kappa shape index (κ3) is 3.34. The molecule has 11 heteroatoms. The smallest absolute Gasteiger partial charge is 0.254 e. The molecule has 0 unspecified atom stereocenters. The fourth-order valence-corrected chi connectivity index (χ4v) is 3.19. The van der Waals surface area contributed by atoms with E-state index in [-0.39, 0.29) is 28.7 Å². The van der Waals surface area contributed by atoms with Gasteiger partial charge in [-0.3, -0.25) is 14.9 Å². The Morgan fingerprint density at radius 1 is 1.18 bits per heavy atom. The maximum absolute atomic E-state index is 12.0. The first-order valence-corrected chi connectivity index (χ1v) is 10.0. The Morgan fingerprint density at radius 3 is 2.57 bits per heavy atom. The lowest BCUT2D eigenvalue weighted by Gasteiger charge is -2.08. The van der Waals surface area contributed by atoms with Gasteiger partial charge in [-0.05, 0) is 18.2 Å². The minimum absolute atomic E-state index is 0.0602. The average Bonchev–Trinajstić information content (AvgIpc) is 3.18. The molecule has 10 nitrogen and oxygen atoms in total. The fraction of sp³-hybridized carbons (Fsp3) is 0.118. The number of imide groups is 1. The van der Waals surface area contributed by atoms with Crippen molar-refractivity contribution in [2.45, 2.75) is 11.6 Å². The van der Waals surface area contributed by atoms with Gasteiger partial charge in [0.05, 0.1) is 12.6 Å². The summed E-state index contributed by atoms with van der Waals surface area (Å²) in [5.41, 5.74) is 1.51. The van der Waals surface area contributed by atoms with Crippen LogP contribution in [0.15, 0.2) is 47.3 Å². The highest BCUT2D eigenvalue weighted by Gasteiger charge is 2.25. The van der Waals surface area contributed by atoms with E-state index in [1.807, 2.05) is 18.2 Å². The van der Waals surface area contributed by atoms with Gasteiger partial charge in [0.2, 0.25) is 21.7 Å². The molecular weight excluding hydrogens is 384 g/mol. The summed E-state index contributed by atoms with van der Waals surface area (Å²) in [6.45, 7) is 0. The van der Waals surface area contributed by atoms with Gasteiger partial charge in [-0.25, -0.2) is 8.42 Å². The molecule has 3 heterocycles. The standard InChI is InChI=1S/C17H14N6O4S/c1-28(26,27)17-21-14-11(7-10-8-13(24)20-15(10)25)9-18-23(14)16(22-17)19-12-5-3-2-4-6-12/h2-7,9H,8H2,1H3,(H,19,21,22)(H,20,24,25)/b10-7+. The van der Waals surface area contributed by atoms with E-state index in [4.69, 9.17) is 0 Å². The lowest BCUT2D eigenvalue weighted by molar-refractivity contribution is -0.124. The van der Waals surface area contributed by atoms with Gasteiger partial charge in [-0.1, -0.05) is 18.2 Å². The first kappa shape index (κ1) is 17.8. The van der Waals surface area contributed by atoms with Gasteiger partial charge in [0, 0.05) is 23.1 Å². The number of fused-ring (bicyclic) bond motifs is 1. The zero-order chi connectivity index (χ0) is 19.9. The predicted octanol–water partition coefficient (Wildman–Crippen LogP) is 0.701. The van der Waals surface area contributed by atoms with Crippen molar-refractivity contribution < 1.29 is 18.0 Å². The summed E-state index contributed by atoms with van der Waals surface area (Å²) in [5, 5.41) is 9.02. The van der Waals surface area contributed by atoms with Gasteiger partial charge in [0.15, 0.2) is 5.65 Å². The maximum atomic E-state index is 12.0. The minimum atomic E-state index is -3.71. The third-order valence-corrected chi connectivity index (χ3v) is 4.81. The van der Waals surface area contributed by atoms with Crippen LogP contribution in [0, 0.1) is 0 Å². The minimum Gasteiger partial charge on any atom is -0.324 e. The number of nitrogens with one attached hydrogen (secondary N) is 2. The monoisotopic (exact) mass is 398 g/mol. The summed E-state index contributed by atoms with van der Waals surface area (Å²) in [6, 6.07) is 9.04. The van der Waals surface area contributed by atoms with Gasteiger partial charge < -0.3 is 5.32 Å². The molecular formula is C17H14N6O4S. The summed E-state index contributed by atoms with van der Waals surface area (Å²) in [5.74, 6) is -0.747. The molecule has 2 amide bonds. The first-order valence-electron chi connectivity index (χ1n) is 8.14. The normalized spacial score (nSPS) is 16.0. The number of benzene rings is 1. The lowest BCUT2D eigenvalue weighted by atomic mass is 10.1. The van der Waals surface area contributed by atoms with Crippen LogP contribution in [0.2, 0.25) is 0 Å². The van der Waals surface area contributed by atoms with E-state index in [9.17, 15) is 18.0 Å². The molecule has 2 N–H and O–H groups in total. The van der Waals surface area contributed by atoms with Crippen LogP contribution in [-0.2, 0) is 19.4 Å². The molecule has 1 aromatic carbocycles. The Morgan fingerprint density at radius 2 is 1.93 bits per heavy atom. The summed E-state index contributed by atoms with van der Waals surface area (Å²) >= 11 is 0. The molecule has 0 atom stereocenters. The van der Waals surface area contributed by atoms with Crippen molar-refractivity contribution in [2.75, 3.05) is 11.6 Å². The largest absolute Gasteiger partial charge is 0.324 e. The molecule has 142 valence electrons. The summed E-state index contributed by atoms with van der Waals surface area (Å²) in [6.07, 6.45) is 3.83. The molecule has 1 aliphatic rings. The molecule has 28 heavy (non-hydrogen) atoms. The fourth-order valence-electron chi connectivity index (χ4n) is 2.68. The van der Waals surface area contributed by atoms with Crippen LogP contribution in [0.5, 0.6) is 0 Å². The maximum Gasteiger partial charge on any atom is 0.254 e. The van der Waals surface area contributed by atoms with Crippen LogP contribution in [-0.4, -0.2) is 46.1 Å². The highest BCUT2D eigenvalue weighted by atomic mass is 32.2. The highest BCUT2D eigenvalue weighted by molar-refractivity contribution is 7.90. The van der Waals surface area contributed by atoms with Crippen molar-refractivity contribution in [3.05, 3.63) is 47.7 Å². The zero-order valence-corrected chi connectivity index (χ0v) is 15.4. The first-order chi connectivity index (χ1) is 13.3. The molecule has 3 aromatic rings. The second kappa shape index (κ2) is 6.53. The van der Waals surface area contributed by atoms with Crippen LogP contribution < -0.4 is 10.6 Å². The van der Waals surface area contributed by atoms with Crippen molar-refractivity contribution in [1.29, 1.82) is 0 Å². The van der Waals surface area contributed by atoms with Crippen LogP contribution >= 0.6 is 0 Å². The highest BCUT2D eigenvalue weighted by Crippen LogP contribution is 2.22. The Hall–Kier alpha value is -3.60. The summed E-state index contributed by atoms with van der Waals surface area (Å²) in [7, 11) is -3.71. The van der Waals surface area contributed by atoms with Crippen LogP contribution in [0.3, 0.4) is 0 Å². The predicted molar refractivity (Wildman–Crippen MR) is 99.4 cm³/mol. The van der Waals surface area contributed by atoms with Gasteiger partial charge in [0.1, 0.15) is 0 Å². The van der Waals surface area contributed by atoms with E-state index in [1.54, 1.807) is 12.1 Å². The number of anilines is 2. The zero-order valence-electron chi connectivity index (χ0n) is 14.6. The summed E-state index contributed by atoms with van der Waals surface area (Å²) in [4.78, 5) is 31.4. The molecule has 0 spiro atoms. The van der Waals surface area contributed by atoms with Crippen molar-refractivity contribution in [3.8, 4) is 0 Å². The van der Waals surface area contributed by atoms with Crippen molar-refractivity contribution in [1.82, 2.24) is 24.9 Å². The molecule has 1 aliphatic heterocycles. The molecule has 0 aliphatic carbocycles. The number of hydrogen-bond donors (Lipinski definition) is 2. The molecule has 4 rings (SSSR count). The number of nitrogens with zero attached hydrogens (tertiary/aromatic N) is 4. The van der Waals surface area contributed by atoms with E-state index in [0.29, 0.717) is 11.3 Å². The molecule has 0 bridgehead atoms. The number of amides is 2. The number of para-hydroxylation sites is 1. The van der Waals surface area contributed by atoms with E-state index < -0.39 is 21.7 Å². The quantitative estimate of drug-likeness (QED) is 0.484. The topological polar surface area (TPSA) is 135 Å². The Balaban J connectivity index is 1.88. The lowest BCUT2D eigenvalue weighted by Crippen LogP contribution is -2.19. The number of carbonyl (C=O) groups excluding carboxylic acids is 2. The number of carbonyl (C=O) groups is 2. The van der Waals surface area contributed by atoms with Gasteiger partial charge in [-0.2, -0.15) is 19.6 Å². The Kier molecular flexibility index (Phi) is 4.15. The van der Waals surface area contributed by atoms with Crippen molar-refractivity contribution in [3.63, 3.8) is 0 Å². The average molecular weight is 398 g/mol. The number of sulfone groups is 1. The van der Waals surface area contributed by atoms with E-state index in [0.717, 1.165) is 6.26 Å². The van der Waals surface area contributed by atoms with Crippen LogP contribution in [0.1, 0.15) is 12.0 Å². The number of hydrogen-bond acceptors (Lipinski definition) is 8. The van der Waals surface area contributed by atoms with Crippen LogP contribution in [0.25, 0.3) is 11.7 Å². The van der Waals surface area contributed by atoms with E-state index in [2.05, 4.69) is 25.7 Å². The molecule has 0 radical (unpaired) electrons. The molecule has 0 saturated carbocycles. The number of rotatable bonds is 4. The van der Waals surface area contributed by atoms with Gasteiger partial charge >= 0.3 is 0 Å². The van der Waals surface area contributed by atoms with E-state index >= 15 is 0 Å². The van der Waals surface area contributed by atoms with E-state index in [1.165, 1.54) is 16.8 Å². The third-order valence-electron chi connectivity index (χ3n) is 3.96. The molecule has 2 aromatic heterocycles. The summed E-state index contributed by atoms with van der Waals surface area (Å²) < 4.78 is 25.4. The molecule has 1 fully saturated rings. The number of aromatic nitrogens is 4. The second-order valence-corrected chi connectivity index (χ2v) is 8.06.